The van der Waals surface area contributed by atoms with Gasteiger partial charge in [0, 0.05) is 17.1 Å². The van der Waals surface area contributed by atoms with Crippen LogP contribution in [0.5, 0.6) is 0 Å². The Bertz CT molecular complexity index is 1400. The first-order valence-corrected chi connectivity index (χ1v) is 13.5. The zero-order valence-corrected chi connectivity index (χ0v) is 20.7. The smallest absolute Gasteiger partial charge is 0.264 e. The molecular formula is C22H25N5O5S2. The van der Waals surface area contributed by atoms with Gasteiger partial charge in [0.1, 0.15) is 6.54 Å². The van der Waals surface area contributed by atoms with Gasteiger partial charge in [0.15, 0.2) is 0 Å². The standard InChI is InChI=1S/C22H25N5O5S2/c1-15-7-5-6-8-20(15)27(33(4,29)30)14-21(28)25-18-9-11-19(12-10-18)34(31,32)26-22-23-16(2)13-17(3)24-22/h5-13H,14H2,1-4H3,(H,25,28)(H,23,24,26). The molecule has 0 radical (unpaired) electrons. The zero-order chi connectivity index (χ0) is 25.1. The number of nitrogens with one attached hydrogen (secondary N) is 2. The summed E-state index contributed by atoms with van der Waals surface area (Å²) in [5.74, 6) is -0.613. The SMILES string of the molecule is Cc1cc(C)nc(NS(=O)(=O)c2ccc(NC(=O)CN(c3ccccc3C)S(C)(=O)=O)cc2)n1. The predicted octanol–water partition coefficient (Wildman–Crippen LogP) is 2.61. The highest BCUT2D eigenvalue weighted by Gasteiger charge is 2.22. The van der Waals surface area contributed by atoms with Crippen LogP contribution in [0.4, 0.5) is 17.3 Å². The molecule has 0 aliphatic heterocycles. The highest BCUT2D eigenvalue weighted by atomic mass is 32.2. The number of anilines is 3. The van der Waals surface area contributed by atoms with Crippen molar-refractivity contribution in [2.24, 2.45) is 0 Å². The number of hydrogen-bond donors (Lipinski definition) is 2. The normalized spacial score (nSPS) is 11.6. The maximum atomic E-state index is 12.7. The van der Waals surface area contributed by atoms with Gasteiger partial charge in [-0.15, -0.1) is 0 Å². The molecule has 0 atom stereocenters. The Hall–Kier alpha value is -3.51. The number of nitrogens with zero attached hydrogens (tertiary/aromatic N) is 3. The van der Waals surface area contributed by atoms with Gasteiger partial charge >= 0.3 is 0 Å². The van der Waals surface area contributed by atoms with Crippen molar-refractivity contribution in [1.82, 2.24) is 9.97 Å². The van der Waals surface area contributed by atoms with Crippen LogP contribution in [0.2, 0.25) is 0 Å². The summed E-state index contributed by atoms with van der Waals surface area (Å²) < 4.78 is 53.2. The summed E-state index contributed by atoms with van der Waals surface area (Å²) in [5.41, 5.74) is 2.66. The highest BCUT2D eigenvalue weighted by molar-refractivity contribution is 7.92. The topological polar surface area (TPSA) is 138 Å². The summed E-state index contributed by atoms with van der Waals surface area (Å²) in [7, 11) is -7.66. The number of carbonyl (C=O) groups is 1. The molecule has 0 spiro atoms. The second-order valence-electron chi connectivity index (χ2n) is 7.71. The average molecular weight is 504 g/mol. The van der Waals surface area contributed by atoms with Crippen LogP contribution in [0.1, 0.15) is 17.0 Å². The van der Waals surface area contributed by atoms with E-state index in [1.54, 1.807) is 51.1 Å². The van der Waals surface area contributed by atoms with E-state index < -0.39 is 32.5 Å². The van der Waals surface area contributed by atoms with E-state index >= 15 is 0 Å². The largest absolute Gasteiger partial charge is 0.325 e. The number of amides is 1. The van der Waals surface area contributed by atoms with Gasteiger partial charge in [-0.05, 0) is 62.7 Å². The molecule has 1 amide bonds. The Morgan fingerprint density at radius 3 is 2.06 bits per heavy atom. The summed E-state index contributed by atoms with van der Waals surface area (Å²) in [5, 5.41) is 2.59. The number of carbonyl (C=O) groups excluding carboxylic acids is 1. The van der Waals surface area contributed by atoms with Crippen molar-refractivity contribution in [3.05, 3.63) is 71.5 Å². The van der Waals surface area contributed by atoms with Crippen LogP contribution < -0.4 is 14.3 Å². The molecule has 10 nitrogen and oxygen atoms in total. The minimum Gasteiger partial charge on any atom is -0.325 e. The molecule has 0 fully saturated rings. The molecule has 3 rings (SSSR count). The fourth-order valence-corrected chi connectivity index (χ4v) is 5.08. The van der Waals surface area contributed by atoms with Crippen molar-refractivity contribution in [2.75, 3.05) is 27.1 Å². The van der Waals surface area contributed by atoms with Crippen LogP contribution in [0.25, 0.3) is 0 Å². The second-order valence-corrected chi connectivity index (χ2v) is 11.3. The fourth-order valence-electron chi connectivity index (χ4n) is 3.22. The summed E-state index contributed by atoms with van der Waals surface area (Å²) in [4.78, 5) is 20.7. The molecule has 1 heterocycles. The van der Waals surface area contributed by atoms with Gasteiger partial charge in [-0.1, -0.05) is 18.2 Å². The van der Waals surface area contributed by atoms with Gasteiger partial charge in [0.2, 0.25) is 21.9 Å². The van der Waals surface area contributed by atoms with Crippen molar-refractivity contribution in [3.8, 4) is 0 Å². The van der Waals surface area contributed by atoms with Gasteiger partial charge in [-0.2, -0.15) is 0 Å². The Morgan fingerprint density at radius 1 is 0.912 bits per heavy atom. The third-order valence-corrected chi connectivity index (χ3v) is 7.20. The van der Waals surface area contributed by atoms with E-state index in [0.717, 1.165) is 10.6 Å². The van der Waals surface area contributed by atoms with Crippen LogP contribution in [-0.2, 0) is 24.8 Å². The molecule has 0 saturated heterocycles. The molecule has 2 N–H and O–H groups in total. The average Bonchev–Trinajstić information content (AvgIpc) is 2.71. The fraction of sp³-hybridized carbons (Fsp3) is 0.227. The molecule has 0 bridgehead atoms. The van der Waals surface area contributed by atoms with Crippen LogP contribution in [-0.4, -0.2) is 45.5 Å². The molecule has 180 valence electrons. The lowest BCUT2D eigenvalue weighted by Gasteiger charge is -2.23. The number of aryl methyl sites for hydroxylation is 3. The summed E-state index contributed by atoms with van der Waals surface area (Å²) >= 11 is 0. The van der Waals surface area contributed by atoms with Gasteiger partial charge in [-0.3, -0.25) is 9.10 Å². The molecule has 0 aliphatic carbocycles. The van der Waals surface area contributed by atoms with Crippen molar-refractivity contribution in [1.29, 1.82) is 0 Å². The quantitative estimate of drug-likeness (QED) is 0.482. The van der Waals surface area contributed by atoms with Crippen LogP contribution in [0, 0.1) is 20.8 Å². The minimum atomic E-state index is -3.95. The van der Waals surface area contributed by atoms with Gasteiger partial charge in [0.25, 0.3) is 10.0 Å². The zero-order valence-electron chi connectivity index (χ0n) is 19.1. The molecule has 0 unspecified atom stereocenters. The van der Waals surface area contributed by atoms with Crippen LogP contribution >= 0.6 is 0 Å². The lowest BCUT2D eigenvalue weighted by molar-refractivity contribution is -0.114. The molecule has 2 aromatic carbocycles. The molecular weight excluding hydrogens is 478 g/mol. The maximum Gasteiger partial charge on any atom is 0.264 e. The van der Waals surface area contributed by atoms with E-state index in [0.29, 0.717) is 28.3 Å². The number of sulfonamides is 2. The summed E-state index contributed by atoms with van der Waals surface area (Å²) in [6.07, 6.45) is 1.03. The van der Waals surface area contributed by atoms with Gasteiger partial charge in [0.05, 0.1) is 16.8 Å². The Morgan fingerprint density at radius 2 is 1.50 bits per heavy atom. The van der Waals surface area contributed by atoms with E-state index in [1.165, 1.54) is 24.3 Å². The predicted molar refractivity (Wildman–Crippen MR) is 131 cm³/mol. The molecule has 12 heteroatoms. The highest BCUT2D eigenvalue weighted by Crippen LogP contribution is 2.22. The Kier molecular flexibility index (Phi) is 7.22. The Balaban J connectivity index is 1.73. The maximum absolute atomic E-state index is 12.7. The van der Waals surface area contributed by atoms with Crippen molar-refractivity contribution < 1.29 is 21.6 Å². The summed E-state index contributed by atoms with van der Waals surface area (Å²) in [6.45, 7) is 4.78. The molecule has 0 saturated carbocycles. The first-order valence-electron chi connectivity index (χ1n) is 10.1. The number of para-hydroxylation sites is 1. The Labute approximate surface area is 199 Å². The van der Waals surface area contributed by atoms with E-state index in [-0.39, 0.29) is 10.8 Å². The van der Waals surface area contributed by atoms with Gasteiger partial charge < -0.3 is 5.32 Å². The third kappa shape index (κ3) is 6.29. The first-order chi connectivity index (χ1) is 15.8. The number of rotatable bonds is 8. The van der Waals surface area contributed by atoms with E-state index in [9.17, 15) is 21.6 Å². The monoisotopic (exact) mass is 503 g/mol. The van der Waals surface area contributed by atoms with E-state index in [1.807, 2.05) is 0 Å². The second kappa shape index (κ2) is 9.77. The number of aromatic nitrogens is 2. The van der Waals surface area contributed by atoms with Gasteiger partial charge in [-0.25, -0.2) is 31.5 Å². The van der Waals surface area contributed by atoms with E-state index in [2.05, 4.69) is 20.0 Å². The van der Waals surface area contributed by atoms with Crippen molar-refractivity contribution >= 4 is 43.3 Å². The van der Waals surface area contributed by atoms with Crippen molar-refractivity contribution in [2.45, 2.75) is 25.7 Å². The molecule has 0 aliphatic rings. The molecule has 34 heavy (non-hydrogen) atoms. The number of hydrogen-bond acceptors (Lipinski definition) is 7. The molecule has 1 aromatic heterocycles. The van der Waals surface area contributed by atoms with Crippen LogP contribution in [0.15, 0.2) is 59.5 Å². The first kappa shape index (κ1) is 25.1. The lowest BCUT2D eigenvalue weighted by atomic mass is 10.2. The lowest BCUT2D eigenvalue weighted by Crippen LogP contribution is -2.37. The van der Waals surface area contributed by atoms with Crippen LogP contribution in [0.3, 0.4) is 0 Å². The number of benzene rings is 2. The minimum absolute atomic E-state index is 0.0352. The van der Waals surface area contributed by atoms with Crippen molar-refractivity contribution in [3.63, 3.8) is 0 Å². The van der Waals surface area contributed by atoms with E-state index in [4.69, 9.17) is 0 Å². The summed E-state index contributed by atoms with van der Waals surface area (Å²) in [6, 6.07) is 14.0. The molecule has 3 aromatic rings. The third-order valence-electron chi connectivity index (χ3n) is 4.73.